The van der Waals surface area contributed by atoms with Gasteiger partial charge >= 0.3 is 0 Å². The van der Waals surface area contributed by atoms with Crippen LogP contribution in [0, 0.1) is 6.92 Å². The van der Waals surface area contributed by atoms with Gasteiger partial charge < -0.3 is 11.1 Å². The lowest BCUT2D eigenvalue weighted by molar-refractivity contribution is -0.113. The van der Waals surface area contributed by atoms with Crippen molar-refractivity contribution >= 4 is 29.2 Å². The Balaban J connectivity index is 1.96. The first-order chi connectivity index (χ1) is 9.97. The number of carbonyl (C=O) groups excluding carboxylic acids is 1. The zero-order valence-electron chi connectivity index (χ0n) is 12.5. The number of anilines is 2. The molecule has 0 saturated carbocycles. The maximum absolute atomic E-state index is 12.1. The molecule has 0 unspecified atom stereocenters. The van der Waals surface area contributed by atoms with E-state index in [-0.39, 0.29) is 11.9 Å². The largest absolute Gasteiger partial charge is 0.399 e. The number of nitrogens with zero attached hydrogens (tertiary/aromatic N) is 2. The molecule has 0 aliphatic rings. The molecule has 21 heavy (non-hydrogen) atoms. The van der Waals surface area contributed by atoms with Gasteiger partial charge in [-0.3, -0.25) is 4.79 Å². The van der Waals surface area contributed by atoms with Crippen LogP contribution in [0.25, 0.3) is 0 Å². The molecule has 0 saturated heterocycles. The van der Waals surface area contributed by atoms with E-state index >= 15 is 0 Å². The summed E-state index contributed by atoms with van der Waals surface area (Å²) in [6.07, 6.45) is 1.69. The van der Waals surface area contributed by atoms with Crippen LogP contribution in [0.5, 0.6) is 0 Å². The molecule has 0 spiro atoms. The number of aromatic nitrogens is 2. The van der Waals surface area contributed by atoms with Gasteiger partial charge in [0, 0.05) is 22.7 Å². The van der Waals surface area contributed by atoms with Gasteiger partial charge in [-0.2, -0.15) is 5.10 Å². The number of nitrogen functional groups attached to an aromatic ring is 1. The molecule has 6 heteroatoms. The molecule has 5 nitrogen and oxygen atoms in total. The van der Waals surface area contributed by atoms with Crippen molar-refractivity contribution in [1.29, 1.82) is 0 Å². The first-order valence-corrected chi connectivity index (χ1v) is 7.78. The molecule has 2 aromatic rings. The second-order valence-corrected chi connectivity index (χ2v) is 6.13. The van der Waals surface area contributed by atoms with E-state index in [4.69, 9.17) is 5.73 Å². The van der Waals surface area contributed by atoms with E-state index in [2.05, 4.69) is 10.4 Å². The van der Waals surface area contributed by atoms with Crippen LogP contribution < -0.4 is 11.1 Å². The van der Waals surface area contributed by atoms with Gasteiger partial charge in [0.15, 0.2) is 0 Å². The molecule has 0 bridgehead atoms. The van der Waals surface area contributed by atoms with Crippen molar-refractivity contribution in [2.45, 2.75) is 31.7 Å². The van der Waals surface area contributed by atoms with Crippen LogP contribution in [0.2, 0.25) is 0 Å². The first-order valence-electron chi connectivity index (χ1n) is 6.79. The van der Waals surface area contributed by atoms with Gasteiger partial charge in [-0.15, -0.1) is 11.8 Å². The van der Waals surface area contributed by atoms with Gasteiger partial charge in [0.2, 0.25) is 5.91 Å². The maximum atomic E-state index is 12.1. The smallest absolute Gasteiger partial charge is 0.235 e. The average molecular weight is 304 g/mol. The van der Waals surface area contributed by atoms with Gasteiger partial charge in [-0.05, 0) is 38.5 Å². The molecule has 1 aromatic carbocycles. The minimum atomic E-state index is -0.0516. The third-order valence-electron chi connectivity index (χ3n) is 3.00. The number of aryl methyl sites for hydroxylation is 1. The Morgan fingerprint density at radius 1 is 1.43 bits per heavy atom. The Labute approximate surface area is 128 Å². The number of nitrogens with one attached hydrogen (secondary N) is 1. The average Bonchev–Trinajstić information content (AvgIpc) is 2.88. The second-order valence-electron chi connectivity index (χ2n) is 5.12. The van der Waals surface area contributed by atoms with Crippen LogP contribution in [-0.4, -0.2) is 21.4 Å². The fraction of sp³-hybridized carbons (Fsp3) is 0.333. The number of carbonyl (C=O) groups is 1. The highest BCUT2D eigenvalue weighted by molar-refractivity contribution is 8.00. The van der Waals surface area contributed by atoms with Gasteiger partial charge in [-0.1, -0.05) is 6.07 Å². The van der Waals surface area contributed by atoms with Crippen LogP contribution >= 0.6 is 11.8 Å². The molecule has 112 valence electrons. The number of hydrogen-bond acceptors (Lipinski definition) is 4. The van der Waals surface area contributed by atoms with Crippen molar-refractivity contribution in [3.8, 4) is 0 Å². The van der Waals surface area contributed by atoms with Crippen LogP contribution in [0.3, 0.4) is 0 Å². The van der Waals surface area contributed by atoms with Crippen molar-refractivity contribution in [1.82, 2.24) is 9.78 Å². The summed E-state index contributed by atoms with van der Waals surface area (Å²) < 4.78 is 1.79. The third-order valence-corrected chi connectivity index (χ3v) is 4.16. The van der Waals surface area contributed by atoms with E-state index in [0.29, 0.717) is 11.4 Å². The van der Waals surface area contributed by atoms with Gasteiger partial charge in [0.1, 0.15) is 5.82 Å². The lowest BCUT2D eigenvalue weighted by atomic mass is 10.2. The Kier molecular flexibility index (Phi) is 4.90. The van der Waals surface area contributed by atoms with E-state index in [0.717, 1.165) is 16.3 Å². The highest BCUT2D eigenvalue weighted by Gasteiger charge is 2.10. The molecule has 1 amide bonds. The van der Waals surface area contributed by atoms with E-state index in [1.807, 2.05) is 39.0 Å². The summed E-state index contributed by atoms with van der Waals surface area (Å²) in [6.45, 7) is 6.05. The molecule has 1 aromatic heterocycles. The lowest BCUT2D eigenvalue weighted by Crippen LogP contribution is -2.18. The van der Waals surface area contributed by atoms with Gasteiger partial charge in [0.05, 0.1) is 11.9 Å². The molecule has 2 rings (SSSR count). The number of hydrogen-bond donors (Lipinski definition) is 2. The van der Waals surface area contributed by atoms with Crippen molar-refractivity contribution < 1.29 is 4.79 Å². The molecular weight excluding hydrogens is 284 g/mol. The quantitative estimate of drug-likeness (QED) is 0.657. The van der Waals surface area contributed by atoms with Crippen molar-refractivity contribution in [2.75, 3.05) is 16.8 Å². The molecule has 0 radical (unpaired) electrons. The molecule has 1 heterocycles. The minimum absolute atomic E-state index is 0.0516. The Morgan fingerprint density at radius 3 is 2.90 bits per heavy atom. The molecule has 0 atom stereocenters. The van der Waals surface area contributed by atoms with E-state index < -0.39 is 0 Å². The monoisotopic (exact) mass is 304 g/mol. The van der Waals surface area contributed by atoms with Crippen molar-refractivity contribution in [3.05, 3.63) is 36.0 Å². The molecule has 0 aliphatic carbocycles. The van der Waals surface area contributed by atoms with E-state index in [1.165, 1.54) is 11.8 Å². The predicted octanol–water partition coefficient (Wildman–Crippen LogP) is 3.09. The zero-order valence-corrected chi connectivity index (χ0v) is 13.3. The molecule has 0 aliphatic heterocycles. The standard InChI is InChI=1S/C15H20N4OS/c1-10(2)19-14(6-7-17-19)18-15(20)9-21-13-8-12(16)5-4-11(13)3/h4-8,10H,9,16H2,1-3H3,(H,18,20). The molecular formula is C15H20N4OS. The Bertz CT molecular complexity index is 636. The highest BCUT2D eigenvalue weighted by Crippen LogP contribution is 2.24. The first kappa shape index (κ1) is 15.4. The number of nitrogens with two attached hydrogens (primary N) is 1. The maximum Gasteiger partial charge on any atom is 0.235 e. The SMILES string of the molecule is Cc1ccc(N)cc1SCC(=O)Nc1ccnn1C(C)C. The topological polar surface area (TPSA) is 72.9 Å². The minimum Gasteiger partial charge on any atom is -0.399 e. The molecule has 3 N–H and O–H groups in total. The van der Waals surface area contributed by atoms with Gasteiger partial charge in [-0.25, -0.2) is 4.68 Å². The molecule has 0 fully saturated rings. The van der Waals surface area contributed by atoms with Gasteiger partial charge in [0.25, 0.3) is 0 Å². The summed E-state index contributed by atoms with van der Waals surface area (Å²) in [5, 5.41) is 7.08. The predicted molar refractivity (Wildman–Crippen MR) is 87.6 cm³/mol. The van der Waals surface area contributed by atoms with Crippen LogP contribution in [0.1, 0.15) is 25.5 Å². The normalized spacial score (nSPS) is 10.9. The Hall–Kier alpha value is -1.95. The summed E-state index contributed by atoms with van der Waals surface area (Å²) in [4.78, 5) is 13.1. The summed E-state index contributed by atoms with van der Waals surface area (Å²) in [5.74, 6) is 1.01. The lowest BCUT2D eigenvalue weighted by Gasteiger charge is -2.12. The second kappa shape index (κ2) is 6.67. The highest BCUT2D eigenvalue weighted by atomic mass is 32.2. The summed E-state index contributed by atoms with van der Waals surface area (Å²) in [5.41, 5.74) is 7.60. The summed E-state index contributed by atoms with van der Waals surface area (Å²) in [7, 11) is 0. The van der Waals surface area contributed by atoms with Crippen LogP contribution in [0.4, 0.5) is 11.5 Å². The van der Waals surface area contributed by atoms with Crippen LogP contribution in [-0.2, 0) is 4.79 Å². The third kappa shape index (κ3) is 4.01. The fourth-order valence-electron chi connectivity index (χ4n) is 1.92. The number of rotatable bonds is 5. The number of benzene rings is 1. The van der Waals surface area contributed by atoms with Crippen molar-refractivity contribution in [2.24, 2.45) is 0 Å². The number of thioether (sulfide) groups is 1. The zero-order chi connectivity index (χ0) is 15.4. The van der Waals surface area contributed by atoms with Crippen LogP contribution in [0.15, 0.2) is 35.4 Å². The van der Waals surface area contributed by atoms with E-state index in [9.17, 15) is 4.79 Å². The number of amides is 1. The fourth-order valence-corrected chi connectivity index (χ4v) is 2.79. The summed E-state index contributed by atoms with van der Waals surface area (Å²) >= 11 is 1.48. The van der Waals surface area contributed by atoms with Crippen molar-refractivity contribution in [3.63, 3.8) is 0 Å². The summed E-state index contributed by atoms with van der Waals surface area (Å²) in [6, 6.07) is 7.73. The Morgan fingerprint density at radius 2 is 2.19 bits per heavy atom. The van der Waals surface area contributed by atoms with E-state index in [1.54, 1.807) is 16.9 Å².